The molecule has 0 radical (unpaired) electrons. The molecular formula is C13H14Cl2Ti. The average Bonchev–Trinajstić information content (AvgIpc) is 2.75. The molecule has 0 aliphatic carbocycles. The van der Waals surface area contributed by atoms with Gasteiger partial charge in [0, 0.05) is 0 Å². The summed E-state index contributed by atoms with van der Waals surface area (Å²) >= 11 is 0. The number of rotatable bonds is 4. The number of hydrogen-bond acceptors (Lipinski definition) is 0. The van der Waals surface area contributed by atoms with Crippen molar-refractivity contribution in [2.45, 2.75) is 19.3 Å². The molecule has 0 saturated heterocycles. The Morgan fingerprint density at radius 3 is 1.56 bits per heavy atom. The van der Waals surface area contributed by atoms with Gasteiger partial charge in [0.05, 0.1) is 0 Å². The standard InChI is InChI=1S/C13H14.2ClH.Ti/c1-2-7-12(6-1)10-5-11-13-8-3-4-9-13;;;/h1-4,6-9H,5,10-11H2;2*1H;/q-2;;;+4/p-2. The van der Waals surface area contributed by atoms with Crippen molar-refractivity contribution < 1.29 is 46.5 Å². The van der Waals surface area contributed by atoms with Gasteiger partial charge in [0.25, 0.3) is 0 Å². The van der Waals surface area contributed by atoms with Crippen LogP contribution in [0, 0.1) is 0 Å². The zero-order valence-electron chi connectivity index (χ0n) is 9.00. The molecule has 16 heavy (non-hydrogen) atoms. The molecule has 2 rings (SSSR count). The third kappa shape index (κ3) is 5.91. The summed E-state index contributed by atoms with van der Waals surface area (Å²) in [6.45, 7) is 0. The number of halogens is 2. The van der Waals surface area contributed by atoms with Crippen molar-refractivity contribution in [3.63, 3.8) is 0 Å². The Kier molecular flexibility index (Phi) is 11.7. The van der Waals surface area contributed by atoms with E-state index < -0.39 is 0 Å². The van der Waals surface area contributed by atoms with E-state index in [2.05, 4.69) is 48.5 Å². The van der Waals surface area contributed by atoms with Crippen LogP contribution in [0.15, 0.2) is 48.5 Å². The minimum absolute atomic E-state index is 0. The maximum atomic E-state index is 2.20. The van der Waals surface area contributed by atoms with E-state index in [-0.39, 0.29) is 46.5 Å². The van der Waals surface area contributed by atoms with E-state index in [9.17, 15) is 0 Å². The van der Waals surface area contributed by atoms with Gasteiger partial charge in [-0.15, -0.1) is 0 Å². The molecular weight excluding hydrogens is 275 g/mol. The predicted octanol–water partition coefficient (Wildman–Crippen LogP) is -2.69. The molecule has 2 aromatic rings. The van der Waals surface area contributed by atoms with Gasteiger partial charge in [0.2, 0.25) is 0 Å². The molecule has 0 fully saturated rings. The topological polar surface area (TPSA) is 0 Å². The molecule has 2 aromatic carbocycles. The first-order chi connectivity index (χ1) is 6.45. The molecule has 0 saturated carbocycles. The third-order valence-electron chi connectivity index (χ3n) is 2.39. The van der Waals surface area contributed by atoms with Crippen LogP contribution in [0.5, 0.6) is 0 Å². The van der Waals surface area contributed by atoms with Crippen molar-refractivity contribution in [3.05, 3.63) is 59.7 Å². The van der Waals surface area contributed by atoms with Gasteiger partial charge in [-0.1, -0.05) is 19.3 Å². The fourth-order valence-corrected chi connectivity index (χ4v) is 1.66. The van der Waals surface area contributed by atoms with Gasteiger partial charge in [-0.25, -0.2) is 12.1 Å². The van der Waals surface area contributed by atoms with Crippen LogP contribution in [-0.4, -0.2) is 0 Å². The van der Waals surface area contributed by atoms with Crippen molar-refractivity contribution >= 4 is 0 Å². The molecule has 0 aliphatic heterocycles. The quantitative estimate of drug-likeness (QED) is 0.425. The SMILES string of the molecule is [Cl-].[Cl-].[Ti+4].c1cc(CCCc2cc[cH-]c2)c[cH-]1. The van der Waals surface area contributed by atoms with Crippen molar-refractivity contribution in [2.24, 2.45) is 0 Å². The first kappa shape index (κ1) is 18.4. The minimum atomic E-state index is 0. The maximum Gasteiger partial charge on any atom is 4.00 e. The zero-order chi connectivity index (χ0) is 8.93. The van der Waals surface area contributed by atoms with Crippen molar-refractivity contribution in [1.29, 1.82) is 0 Å². The predicted molar refractivity (Wildman–Crippen MR) is 56.1 cm³/mol. The molecule has 0 spiro atoms. The second kappa shape index (κ2) is 10.2. The molecule has 0 aromatic heterocycles. The zero-order valence-corrected chi connectivity index (χ0v) is 12.1. The molecule has 0 N–H and O–H groups in total. The van der Waals surface area contributed by atoms with Gasteiger partial charge >= 0.3 is 21.7 Å². The van der Waals surface area contributed by atoms with Crippen LogP contribution in [-0.2, 0) is 34.6 Å². The molecule has 0 amide bonds. The molecule has 0 atom stereocenters. The second-order valence-electron chi connectivity index (χ2n) is 3.44. The van der Waals surface area contributed by atoms with E-state index >= 15 is 0 Å². The van der Waals surface area contributed by atoms with E-state index in [4.69, 9.17) is 0 Å². The fourth-order valence-electron chi connectivity index (χ4n) is 1.66. The van der Waals surface area contributed by atoms with Crippen molar-refractivity contribution in [3.8, 4) is 0 Å². The normalized spacial score (nSPS) is 8.50. The van der Waals surface area contributed by atoms with E-state index in [1.54, 1.807) is 0 Å². The monoisotopic (exact) mass is 288 g/mol. The first-order valence-electron chi connectivity index (χ1n) is 4.86. The Bertz CT molecular complexity index is 290. The third-order valence-corrected chi connectivity index (χ3v) is 2.39. The molecule has 0 nitrogen and oxygen atoms in total. The Balaban J connectivity index is 0. The van der Waals surface area contributed by atoms with Crippen LogP contribution in [0.1, 0.15) is 17.5 Å². The summed E-state index contributed by atoms with van der Waals surface area (Å²) in [4.78, 5) is 0. The Labute approximate surface area is 125 Å². The second-order valence-corrected chi connectivity index (χ2v) is 3.44. The summed E-state index contributed by atoms with van der Waals surface area (Å²) < 4.78 is 0. The van der Waals surface area contributed by atoms with E-state index in [0.29, 0.717) is 0 Å². The smallest absolute Gasteiger partial charge is 1.00 e. The van der Waals surface area contributed by atoms with Gasteiger partial charge in [-0.05, 0) is 0 Å². The van der Waals surface area contributed by atoms with Gasteiger partial charge in [0.15, 0.2) is 0 Å². The summed E-state index contributed by atoms with van der Waals surface area (Å²) in [5.41, 5.74) is 2.93. The molecule has 0 bridgehead atoms. The molecule has 3 heteroatoms. The molecule has 84 valence electrons. The van der Waals surface area contributed by atoms with Crippen LogP contribution >= 0.6 is 0 Å². The molecule has 0 heterocycles. The number of hydrogen-bond donors (Lipinski definition) is 0. The van der Waals surface area contributed by atoms with Crippen LogP contribution in [0.2, 0.25) is 0 Å². The Hall–Kier alpha value is -0.00571. The van der Waals surface area contributed by atoms with E-state index in [1.165, 1.54) is 30.4 Å². The summed E-state index contributed by atoms with van der Waals surface area (Å²) in [6.07, 6.45) is 3.67. The van der Waals surface area contributed by atoms with Gasteiger partial charge < -0.3 is 24.8 Å². The summed E-state index contributed by atoms with van der Waals surface area (Å²) in [7, 11) is 0. The van der Waals surface area contributed by atoms with E-state index in [0.717, 1.165) is 0 Å². The minimum Gasteiger partial charge on any atom is -1.00 e. The van der Waals surface area contributed by atoms with Crippen LogP contribution in [0.3, 0.4) is 0 Å². The van der Waals surface area contributed by atoms with Crippen molar-refractivity contribution in [2.75, 3.05) is 0 Å². The summed E-state index contributed by atoms with van der Waals surface area (Å²) in [5.74, 6) is 0. The molecule has 0 aliphatic rings. The largest absolute Gasteiger partial charge is 4.00 e. The first-order valence-corrected chi connectivity index (χ1v) is 4.86. The summed E-state index contributed by atoms with van der Waals surface area (Å²) in [5, 5.41) is 0. The van der Waals surface area contributed by atoms with Gasteiger partial charge in [-0.3, -0.25) is 0 Å². The van der Waals surface area contributed by atoms with Crippen LogP contribution < -0.4 is 24.8 Å². The van der Waals surface area contributed by atoms with Gasteiger partial charge in [-0.2, -0.15) is 47.5 Å². The maximum absolute atomic E-state index is 2.20. The summed E-state index contributed by atoms with van der Waals surface area (Å²) in [6, 6.07) is 17.2. The average molecular weight is 289 g/mol. The number of aryl methyl sites for hydroxylation is 2. The van der Waals surface area contributed by atoms with Crippen LogP contribution in [0.25, 0.3) is 0 Å². The van der Waals surface area contributed by atoms with Crippen molar-refractivity contribution in [1.82, 2.24) is 0 Å². The van der Waals surface area contributed by atoms with E-state index in [1.807, 2.05) is 0 Å². The Morgan fingerprint density at radius 2 is 1.25 bits per heavy atom. The Morgan fingerprint density at radius 1 is 0.812 bits per heavy atom. The fraction of sp³-hybridized carbons (Fsp3) is 0.231. The van der Waals surface area contributed by atoms with Crippen LogP contribution in [0.4, 0.5) is 0 Å². The molecule has 0 unspecified atom stereocenters. The van der Waals surface area contributed by atoms with Gasteiger partial charge in [0.1, 0.15) is 0 Å².